The van der Waals surface area contributed by atoms with Crippen molar-refractivity contribution in [2.45, 2.75) is 39.5 Å². The first-order valence-electron chi connectivity index (χ1n) is 7.01. The van der Waals surface area contributed by atoms with Crippen LogP contribution in [0.5, 0.6) is 0 Å². The van der Waals surface area contributed by atoms with Gasteiger partial charge in [0.15, 0.2) is 7.29 Å². The quantitative estimate of drug-likeness (QED) is 0.660. The molecular weight excluding hydrogens is 241 g/mol. The minimum absolute atomic E-state index is 0.944. The number of rotatable bonds is 8. The second-order valence-corrected chi connectivity index (χ2v) is 7.72. The molecule has 0 fully saturated rings. The van der Waals surface area contributed by atoms with Crippen molar-refractivity contribution < 1.29 is 4.57 Å². The zero-order valence-electron chi connectivity index (χ0n) is 11.9. The van der Waals surface area contributed by atoms with Crippen molar-refractivity contribution in [1.82, 2.24) is 4.67 Å². The van der Waals surface area contributed by atoms with Gasteiger partial charge in [-0.3, -0.25) is 0 Å². The van der Waals surface area contributed by atoms with E-state index in [1.54, 1.807) is 0 Å². The first-order chi connectivity index (χ1) is 8.62. The Hall–Kier alpha value is -0.590. The number of unbranched alkanes of at least 4 members (excludes halogenated alkanes) is 2. The van der Waals surface area contributed by atoms with E-state index in [2.05, 4.69) is 18.5 Å². The van der Waals surface area contributed by atoms with E-state index in [-0.39, 0.29) is 0 Å². The van der Waals surface area contributed by atoms with Crippen molar-refractivity contribution in [3.05, 3.63) is 30.3 Å². The van der Waals surface area contributed by atoms with Crippen molar-refractivity contribution in [2.24, 2.45) is 0 Å². The molecule has 102 valence electrons. The maximum Gasteiger partial charge on any atom is 0.175 e. The Morgan fingerprint density at radius 2 is 1.50 bits per heavy atom. The Balaban J connectivity index is 2.84. The SMILES string of the molecule is CCCCN(CCCC)P(C)(=O)c1ccccc1. The molecule has 1 atom stereocenters. The molecule has 0 aromatic heterocycles. The maximum absolute atomic E-state index is 13.1. The normalized spacial score (nSPS) is 14.7. The maximum atomic E-state index is 13.1. The van der Waals surface area contributed by atoms with Crippen LogP contribution in [0.3, 0.4) is 0 Å². The highest BCUT2D eigenvalue weighted by molar-refractivity contribution is 7.68. The van der Waals surface area contributed by atoms with Gasteiger partial charge in [0.2, 0.25) is 0 Å². The summed E-state index contributed by atoms with van der Waals surface area (Å²) in [5.74, 6) is 0. The molecule has 0 saturated carbocycles. The molecule has 1 aromatic rings. The third kappa shape index (κ3) is 4.26. The molecular formula is C15H26NOP. The van der Waals surface area contributed by atoms with Gasteiger partial charge in [0.25, 0.3) is 0 Å². The van der Waals surface area contributed by atoms with Gasteiger partial charge in [-0.05, 0) is 12.8 Å². The van der Waals surface area contributed by atoms with Gasteiger partial charge in [-0.15, -0.1) is 0 Å². The molecule has 0 spiro atoms. The number of nitrogens with zero attached hydrogens (tertiary/aromatic N) is 1. The smallest absolute Gasteiger partial charge is 0.175 e. The Morgan fingerprint density at radius 3 is 1.94 bits per heavy atom. The highest BCUT2D eigenvalue weighted by Gasteiger charge is 2.25. The molecule has 0 aliphatic rings. The fourth-order valence-corrected chi connectivity index (χ4v) is 4.14. The summed E-state index contributed by atoms with van der Waals surface area (Å²) in [5.41, 5.74) is 0. The van der Waals surface area contributed by atoms with Crippen LogP contribution in [0.15, 0.2) is 30.3 Å². The van der Waals surface area contributed by atoms with Crippen LogP contribution in [0, 0.1) is 0 Å². The largest absolute Gasteiger partial charge is 0.302 e. The lowest BCUT2D eigenvalue weighted by Gasteiger charge is -2.29. The summed E-state index contributed by atoms with van der Waals surface area (Å²) in [7, 11) is -2.38. The molecule has 1 aromatic carbocycles. The monoisotopic (exact) mass is 267 g/mol. The van der Waals surface area contributed by atoms with Crippen LogP contribution in [-0.4, -0.2) is 24.4 Å². The summed E-state index contributed by atoms with van der Waals surface area (Å²) in [4.78, 5) is 0. The molecule has 1 rings (SSSR count). The molecule has 0 saturated heterocycles. The van der Waals surface area contributed by atoms with E-state index in [9.17, 15) is 4.57 Å². The first-order valence-corrected chi connectivity index (χ1v) is 9.12. The van der Waals surface area contributed by atoms with Crippen molar-refractivity contribution >= 4 is 12.6 Å². The summed E-state index contributed by atoms with van der Waals surface area (Å²) in [6.07, 6.45) is 4.54. The van der Waals surface area contributed by atoms with Gasteiger partial charge in [-0.2, -0.15) is 0 Å². The van der Waals surface area contributed by atoms with E-state index in [4.69, 9.17) is 0 Å². The van der Waals surface area contributed by atoms with Crippen LogP contribution in [0.4, 0.5) is 0 Å². The number of hydrogen-bond donors (Lipinski definition) is 0. The van der Waals surface area contributed by atoms with Crippen LogP contribution in [-0.2, 0) is 4.57 Å². The molecule has 0 radical (unpaired) electrons. The summed E-state index contributed by atoms with van der Waals surface area (Å²) in [6.45, 7) is 8.16. The van der Waals surface area contributed by atoms with Crippen molar-refractivity contribution in [2.75, 3.05) is 19.8 Å². The van der Waals surface area contributed by atoms with Gasteiger partial charge in [-0.25, -0.2) is 4.67 Å². The van der Waals surface area contributed by atoms with E-state index in [1.165, 1.54) is 0 Å². The van der Waals surface area contributed by atoms with Gasteiger partial charge in [0, 0.05) is 25.1 Å². The number of hydrogen-bond acceptors (Lipinski definition) is 1. The lowest BCUT2D eigenvalue weighted by atomic mass is 10.3. The standard InChI is InChI=1S/C15H26NOP/c1-4-6-13-16(14-7-5-2)18(3,17)15-11-9-8-10-12-15/h8-12H,4-7,13-14H2,1-3H3. The van der Waals surface area contributed by atoms with E-state index in [0.717, 1.165) is 44.1 Å². The third-order valence-electron chi connectivity index (χ3n) is 3.31. The average Bonchev–Trinajstić information content (AvgIpc) is 2.39. The predicted octanol–water partition coefficient (Wildman–Crippen LogP) is 4.12. The molecule has 1 unspecified atom stereocenters. The summed E-state index contributed by atoms with van der Waals surface area (Å²) >= 11 is 0. The minimum atomic E-state index is -2.38. The van der Waals surface area contributed by atoms with E-state index < -0.39 is 7.29 Å². The molecule has 0 bridgehead atoms. The average molecular weight is 267 g/mol. The van der Waals surface area contributed by atoms with Crippen LogP contribution >= 0.6 is 7.29 Å². The second kappa shape index (κ2) is 7.76. The lowest BCUT2D eigenvalue weighted by molar-refractivity contribution is 0.402. The van der Waals surface area contributed by atoms with Gasteiger partial charge in [-0.1, -0.05) is 57.0 Å². The van der Waals surface area contributed by atoms with Crippen LogP contribution < -0.4 is 5.30 Å². The fraction of sp³-hybridized carbons (Fsp3) is 0.600. The van der Waals surface area contributed by atoms with Crippen LogP contribution in [0.25, 0.3) is 0 Å². The highest BCUT2D eigenvalue weighted by atomic mass is 31.2. The summed E-state index contributed by atoms with van der Waals surface area (Å²) in [6, 6.07) is 9.91. The van der Waals surface area contributed by atoms with Gasteiger partial charge >= 0.3 is 0 Å². The minimum Gasteiger partial charge on any atom is -0.302 e. The van der Waals surface area contributed by atoms with Gasteiger partial charge in [0.1, 0.15) is 0 Å². The zero-order valence-corrected chi connectivity index (χ0v) is 12.8. The van der Waals surface area contributed by atoms with Gasteiger partial charge in [0.05, 0.1) is 0 Å². The lowest BCUT2D eigenvalue weighted by Crippen LogP contribution is -2.27. The summed E-state index contributed by atoms with van der Waals surface area (Å²) < 4.78 is 15.3. The Kier molecular flexibility index (Phi) is 6.67. The van der Waals surface area contributed by atoms with Crippen LogP contribution in [0.1, 0.15) is 39.5 Å². The molecule has 0 aliphatic carbocycles. The predicted molar refractivity (Wildman–Crippen MR) is 81.0 cm³/mol. The molecule has 0 N–H and O–H groups in total. The zero-order chi connectivity index (χ0) is 13.4. The Morgan fingerprint density at radius 1 is 1.00 bits per heavy atom. The van der Waals surface area contributed by atoms with E-state index in [1.807, 2.05) is 37.0 Å². The molecule has 18 heavy (non-hydrogen) atoms. The third-order valence-corrected chi connectivity index (χ3v) is 6.05. The van der Waals surface area contributed by atoms with E-state index in [0.29, 0.717) is 0 Å². The Labute approximate surface area is 112 Å². The molecule has 0 heterocycles. The van der Waals surface area contributed by atoms with E-state index >= 15 is 0 Å². The molecule has 0 amide bonds. The second-order valence-electron chi connectivity index (χ2n) is 4.88. The van der Waals surface area contributed by atoms with Crippen molar-refractivity contribution in [1.29, 1.82) is 0 Å². The van der Waals surface area contributed by atoms with Crippen molar-refractivity contribution in [3.8, 4) is 0 Å². The number of benzene rings is 1. The fourth-order valence-electron chi connectivity index (χ4n) is 2.04. The molecule has 3 heteroatoms. The molecule has 2 nitrogen and oxygen atoms in total. The topological polar surface area (TPSA) is 20.3 Å². The first kappa shape index (κ1) is 15.5. The van der Waals surface area contributed by atoms with Crippen LogP contribution in [0.2, 0.25) is 0 Å². The van der Waals surface area contributed by atoms with Crippen molar-refractivity contribution in [3.63, 3.8) is 0 Å². The van der Waals surface area contributed by atoms with Gasteiger partial charge < -0.3 is 4.57 Å². The molecule has 0 aliphatic heterocycles. The highest BCUT2D eigenvalue weighted by Crippen LogP contribution is 2.44. The Bertz CT molecular complexity index is 369. The summed E-state index contributed by atoms with van der Waals surface area (Å²) in [5, 5.41) is 0.984.